The van der Waals surface area contributed by atoms with Crippen LogP contribution >= 0.6 is 0 Å². The number of carbonyl (C=O) groups excluding carboxylic acids is 2. The molecule has 0 heterocycles. The van der Waals surface area contributed by atoms with Crippen LogP contribution in [0.25, 0.3) is 0 Å². The van der Waals surface area contributed by atoms with E-state index >= 15 is 0 Å². The van der Waals surface area contributed by atoms with Crippen molar-refractivity contribution in [1.29, 1.82) is 0 Å². The number of ether oxygens (including phenoxy) is 1. The van der Waals surface area contributed by atoms with Crippen LogP contribution in [-0.4, -0.2) is 24.4 Å². The quantitative estimate of drug-likeness (QED) is 0.476. The van der Waals surface area contributed by atoms with Gasteiger partial charge in [-0.3, -0.25) is 9.59 Å². The van der Waals surface area contributed by atoms with Gasteiger partial charge in [-0.15, -0.1) is 0 Å². The molecule has 3 rings (SSSR count). The molecule has 1 aliphatic rings. The fourth-order valence-electron chi connectivity index (χ4n) is 5.00. The number of fused-ring (bicyclic) bond motifs is 1. The van der Waals surface area contributed by atoms with E-state index in [-0.39, 0.29) is 16.7 Å². The molecule has 1 unspecified atom stereocenters. The van der Waals surface area contributed by atoms with Gasteiger partial charge in [0.1, 0.15) is 18.4 Å². The molecule has 0 aromatic heterocycles. The zero-order valence-corrected chi connectivity index (χ0v) is 20.2. The summed E-state index contributed by atoms with van der Waals surface area (Å²) in [7, 11) is 0. The zero-order valence-electron chi connectivity index (χ0n) is 20.2. The topological polar surface area (TPSA) is 107 Å². The van der Waals surface area contributed by atoms with Crippen molar-refractivity contribution in [3.05, 3.63) is 64.7 Å². The molecule has 33 heavy (non-hydrogen) atoms. The summed E-state index contributed by atoms with van der Waals surface area (Å²) in [4.78, 5) is 24.2. The van der Waals surface area contributed by atoms with Gasteiger partial charge >= 0.3 is 0 Å². The Labute approximate surface area is 197 Å². The van der Waals surface area contributed by atoms with Crippen LogP contribution in [0.4, 0.5) is 0 Å². The van der Waals surface area contributed by atoms with Crippen molar-refractivity contribution in [3.8, 4) is 5.75 Å². The van der Waals surface area contributed by atoms with Crippen LogP contribution in [0.15, 0.2) is 42.5 Å². The third-order valence-corrected chi connectivity index (χ3v) is 6.55. The maximum atomic E-state index is 12.5. The summed E-state index contributed by atoms with van der Waals surface area (Å²) in [6, 6.07) is 12.9. The van der Waals surface area contributed by atoms with Gasteiger partial charge < -0.3 is 21.5 Å². The second-order valence-electron chi connectivity index (χ2n) is 10.4. The van der Waals surface area contributed by atoms with E-state index < -0.39 is 11.9 Å². The van der Waals surface area contributed by atoms with Crippen LogP contribution in [0.3, 0.4) is 0 Å². The van der Waals surface area contributed by atoms with Crippen LogP contribution in [0.5, 0.6) is 5.75 Å². The van der Waals surface area contributed by atoms with Gasteiger partial charge in [-0.05, 0) is 84.0 Å². The maximum Gasteiger partial charge on any atom is 0.251 e. The van der Waals surface area contributed by atoms with E-state index in [9.17, 15) is 9.59 Å². The Balaban J connectivity index is 1.60. The zero-order chi connectivity index (χ0) is 24.2. The number of hydrogen-bond acceptors (Lipinski definition) is 4. The van der Waals surface area contributed by atoms with Crippen molar-refractivity contribution in [2.75, 3.05) is 6.54 Å². The second-order valence-corrected chi connectivity index (χ2v) is 10.4. The number of nitrogens with two attached hydrogens (primary N) is 2. The summed E-state index contributed by atoms with van der Waals surface area (Å²) < 4.78 is 6.06. The fraction of sp³-hybridized carbons (Fsp3) is 0.481. The molecule has 5 N–H and O–H groups in total. The van der Waals surface area contributed by atoms with Crippen molar-refractivity contribution in [3.63, 3.8) is 0 Å². The van der Waals surface area contributed by atoms with Gasteiger partial charge in [0.2, 0.25) is 5.91 Å². The number of nitrogens with one attached hydrogen (secondary N) is 1. The number of amides is 2. The van der Waals surface area contributed by atoms with Crippen LogP contribution in [0.1, 0.15) is 80.4 Å². The van der Waals surface area contributed by atoms with E-state index in [4.69, 9.17) is 16.2 Å². The van der Waals surface area contributed by atoms with Crippen molar-refractivity contribution in [2.24, 2.45) is 11.5 Å². The molecule has 2 aromatic carbocycles. The minimum Gasteiger partial charge on any atom is -0.489 e. The minimum atomic E-state index is -0.693. The van der Waals surface area contributed by atoms with E-state index in [1.807, 2.05) is 18.2 Å². The lowest BCUT2D eigenvalue weighted by Crippen LogP contribution is -2.44. The van der Waals surface area contributed by atoms with Crippen molar-refractivity contribution >= 4 is 11.8 Å². The summed E-state index contributed by atoms with van der Waals surface area (Å²) in [6.07, 6.45) is 3.12. The molecule has 0 aliphatic heterocycles. The van der Waals surface area contributed by atoms with Gasteiger partial charge in [0.15, 0.2) is 0 Å². The maximum absolute atomic E-state index is 12.5. The molecule has 6 heteroatoms. The number of unbranched alkanes of at least 4 members (excludes halogenated alkanes) is 1. The van der Waals surface area contributed by atoms with Gasteiger partial charge in [0, 0.05) is 5.56 Å². The normalized spacial score (nSPS) is 16.6. The lowest BCUT2D eigenvalue weighted by atomic mass is 9.82. The molecule has 178 valence electrons. The Kier molecular flexibility index (Phi) is 7.48. The van der Waals surface area contributed by atoms with Crippen LogP contribution in [0.2, 0.25) is 0 Å². The minimum absolute atomic E-state index is 0.125. The van der Waals surface area contributed by atoms with Crippen LogP contribution in [-0.2, 0) is 22.2 Å². The third kappa shape index (κ3) is 5.93. The molecule has 2 amide bonds. The molecule has 0 radical (unpaired) electrons. The number of hydrogen-bond donors (Lipinski definition) is 3. The Morgan fingerprint density at radius 2 is 1.67 bits per heavy atom. The highest BCUT2D eigenvalue weighted by Crippen LogP contribution is 2.50. The molecule has 0 saturated carbocycles. The van der Waals surface area contributed by atoms with Gasteiger partial charge in [-0.1, -0.05) is 45.9 Å². The van der Waals surface area contributed by atoms with E-state index in [1.165, 1.54) is 11.1 Å². The average Bonchev–Trinajstić information content (AvgIpc) is 2.95. The first-order chi connectivity index (χ1) is 15.5. The summed E-state index contributed by atoms with van der Waals surface area (Å²) >= 11 is 0. The van der Waals surface area contributed by atoms with E-state index in [0.717, 1.165) is 30.6 Å². The highest BCUT2D eigenvalue weighted by Gasteiger charge is 2.41. The van der Waals surface area contributed by atoms with Gasteiger partial charge in [0.25, 0.3) is 5.91 Å². The molecule has 1 atom stereocenters. The van der Waals surface area contributed by atoms with Gasteiger partial charge in [-0.25, -0.2) is 0 Å². The Hall–Kier alpha value is -2.86. The first-order valence-corrected chi connectivity index (χ1v) is 11.7. The highest BCUT2D eigenvalue weighted by molar-refractivity contribution is 5.97. The Morgan fingerprint density at radius 3 is 2.30 bits per heavy atom. The monoisotopic (exact) mass is 451 g/mol. The smallest absolute Gasteiger partial charge is 0.251 e. The lowest BCUT2D eigenvalue weighted by molar-refractivity contribution is -0.120. The van der Waals surface area contributed by atoms with Crippen molar-refractivity contribution in [1.82, 2.24) is 5.32 Å². The molecular formula is C27H37N3O3. The van der Waals surface area contributed by atoms with Gasteiger partial charge in [-0.2, -0.15) is 0 Å². The van der Waals surface area contributed by atoms with Crippen molar-refractivity contribution < 1.29 is 14.3 Å². The third-order valence-electron chi connectivity index (χ3n) is 6.55. The molecule has 0 bridgehead atoms. The summed E-state index contributed by atoms with van der Waals surface area (Å²) in [5.41, 5.74) is 15.4. The standard InChI is InChI=1S/C27H37N3O3/c1-26(2)17-27(3,4)22-15-20(12-13-21(22)26)33-16-18-8-10-19(11-9-18)25(32)30-23(24(29)31)7-5-6-14-28/h8-13,15,23H,5-7,14,16-17,28H2,1-4H3,(H2,29,31)(H,30,32). The molecule has 2 aromatic rings. The SMILES string of the molecule is CC1(C)CC(C)(C)c2cc(OCc3ccc(C(=O)NC(CCCCN)C(N)=O)cc3)ccc21. The Morgan fingerprint density at radius 1 is 1.00 bits per heavy atom. The Bertz CT molecular complexity index is 996. The predicted molar refractivity (Wildman–Crippen MR) is 131 cm³/mol. The molecular weight excluding hydrogens is 414 g/mol. The predicted octanol–water partition coefficient (Wildman–Crippen LogP) is 3.94. The average molecular weight is 452 g/mol. The fourth-order valence-corrected chi connectivity index (χ4v) is 5.00. The van der Waals surface area contributed by atoms with E-state index in [1.54, 1.807) is 12.1 Å². The summed E-state index contributed by atoms with van der Waals surface area (Å²) in [5, 5.41) is 2.72. The first-order valence-electron chi connectivity index (χ1n) is 11.7. The van der Waals surface area contributed by atoms with E-state index in [0.29, 0.717) is 25.1 Å². The summed E-state index contributed by atoms with van der Waals surface area (Å²) in [5.74, 6) is -0.00286. The number of primary amides is 1. The molecule has 1 aliphatic carbocycles. The second kappa shape index (κ2) is 9.96. The van der Waals surface area contributed by atoms with Gasteiger partial charge in [0.05, 0.1) is 0 Å². The largest absolute Gasteiger partial charge is 0.489 e. The first kappa shape index (κ1) is 24.8. The van der Waals surface area contributed by atoms with Crippen LogP contribution < -0.4 is 21.5 Å². The number of rotatable bonds is 10. The molecule has 0 spiro atoms. The van der Waals surface area contributed by atoms with Crippen LogP contribution in [0, 0.1) is 0 Å². The molecule has 0 fully saturated rings. The molecule has 6 nitrogen and oxygen atoms in total. The number of benzene rings is 2. The molecule has 0 saturated heterocycles. The van der Waals surface area contributed by atoms with Crippen molar-refractivity contribution in [2.45, 2.75) is 76.9 Å². The summed E-state index contributed by atoms with van der Waals surface area (Å²) in [6.45, 7) is 10.1. The highest BCUT2D eigenvalue weighted by atomic mass is 16.5. The van der Waals surface area contributed by atoms with E-state index in [2.05, 4.69) is 45.1 Å². The lowest BCUT2D eigenvalue weighted by Gasteiger charge is -2.22. The number of carbonyl (C=O) groups is 2.